The Bertz CT molecular complexity index is 671. The lowest BCUT2D eigenvalue weighted by Gasteiger charge is -2.11. The lowest BCUT2D eigenvalue weighted by atomic mass is 10.0. The molecule has 1 aromatic carbocycles. The number of nitrogens with one attached hydrogen (secondary N) is 1. The average Bonchev–Trinajstić information content (AvgIpc) is 2.68. The third-order valence-corrected chi connectivity index (χ3v) is 3.04. The molecule has 90 valence electrons. The zero-order valence-electron chi connectivity index (χ0n) is 9.01. The van der Waals surface area contributed by atoms with E-state index in [0.29, 0.717) is 16.1 Å². The minimum Gasteiger partial charge on any atom is -0.431 e. The van der Waals surface area contributed by atoms with Gasteiger partial charge in [-0.25, -0.2) is 4.79 Å². The maximum atomic E-state index is 11.6. The molecule has 0 radical (unpaired) electrons. The first-order valence-corrected chi connectivity index (χ1v) is 5.59. The number of carbonyl (C=O) groups excluding carboxylic acids is 2. The van der Waals surface area contributed by atoms with E-state index in [1.807, 2.05) is 6.07 Å². The van der Waals surface area contributed by atoms with Crippen LogP contribution in [-0.2, 0) is 9.53 Å². The Labute approximate surface area is 107 Å². The van der Waals surface area contributed by atoms with Crippen LogP contribution in [0.1, 0.15) is 11.7 Å². The molecule has 0 saturated carbocycles. The zero-order valence-corrected chi connectivity index (χ0v) is 9.77. The largest absolute Gasteiger partial charge is 0.431 e. The number of halogens is 1. The fraction of sp³-hybridized carbons (Fsp3) is 0.0833. The van der Waals surface area contributed by atoms with E-state index in [1.165, 1.54) is 0 Å². The number of aromatic nitrogens is 1. The summed E-state index contributed by atoms with van der Waals surface area (Å²) in [5.41, 5.74) is 0.970. The molecule has 1 atom stereocenters. The minimum atomic E-state index is -1.04. The number of carbonyl (C=O) groups is 2. The van der Waals surface area contributed by atoms with Crippen molar-refractivity contribution in [3.05, 3.63) is 41.0 Å². The number of benzene rings is 1. The summed E-state index contributed by atoms with van der Waals surface area (Å²) in [6.07, 6.45) is -0.214. The van der Waals surface area contributed by atoms with E-state index in [4.69, 9.17) is 16.3 Å². The fourth-order valence-electron chi connectivity index (χ4n) is 1.94. The number of cyclic esters (lactones) is 1. The van der Waals surface area contributed by atoms with E-state index in [9.17, 15) is 9.59 Å². The highest BCUT2D eigenvalue weighted by molar-refractivity contribution is 6.32. The molecule has 1 saturated heterocycles. The molecule has 0 bridgehead atoms. The third-order valence-electron chi connectivity index (χ3n) is 2.71. The molecular formula is C12H7ClN2O3. The Kier molecular flexibility index (Phi) is 2.41. The summed E-state index contributed by atoms with van der Waals surface area (Å²) >= 11 is 6.08. The first-order chi connectivity index (χ1) is 8.66. The van der Waals surface area contributed by atoms with Gasteiger partial charge in [0.1, 0.15) is 0 Å². The Balaban J connectivity index is 2.25. The van der Waals surface area contributed by atoms with Crippen LogP contribution in [0.3, 0.4) is 0 Å². The molecule has 6 heteroatoms. The third kappa shape index (κ3) is 1.60. The first kappa shape index (κ1) is 11.0. The van der Waals surface area contributed by atoms with Gasteiger partial charge in [0, 0.05) is 17.1 Å². The molecule has 0 aliphatic carbocycles. The summed E-state index contributed by atoms with van der Waals surface area (Å²) < 4.78 is 4.92. The van der Waals surface area contributed by atoms with Crippen LogP contribution in [0, 0.1) is 0 Å². The van der Waals surface area contributed by atoms with Crippen LogP contribution in [0.5, 0.6) is 0 Å². The highest BCUT2D eigenvalue weighted by atomic mass is 35.5. The lowest BCUT2D eigenvalue weighted by Crippen LogP contribution is -2.20. The number of fused-ring (bicyclic) bond motifs is 1. The highest BCUT2D eigenvalue weighted by Crippen LogP contribution is 2.33. The second-order valence-corrected chi connectivity index (χ2v) is 4.22. The molecule has 1 aromatic heterocycles. The van der Waals surface area contributed by atoms with Crippen LogP contribution in [-0.4, -0.2) is 17.0 Å². The fourth-order valence-corrected chi connectivity index (χ4v) is 2.19. The minimum absolute atomic E-state index is 0.344. The standard InChI is InChI=1S/C12H7ClN2O3/c13-7-4-3-6-2-1-5-14-9(6)8(7)10-11(16)15-12(17)18-10/h1-5,10H,(H,15,16,17). The van der Waals surface area contributed by atoms with Gasteiger partial charge in [0.25, 0.3) is 5.91 Å². The first-order valence-electron chi connectivity index (χ1n) is 5.21. The Morgan fingerprint density at radius 1 is 1.28 bits per heavy atom. The Morgan fingerprint density at radius 2 is 2.11 bits per heavy atom. The van der Waals surface area contributed by atoms with Gasteiger partial charge in [-0.05, 0) is 12.1 Å². The van der Waals surface area contributed by atoms with Crippen LogP contribution in [0.4, 0.5) is 4.79 Å². The molecule has 0 spiro atoms. The van der Waals surface area contributed by atoms with Crippen LogP contribution in [0.25, 0.3) is 10.9 Å². The number of pyridine rings is 1. The van der Waals surface area contributed by atoms with E-state index in [2.05, 4.69) is 10.3 Å². The van der Waals surface area contributed by atoms with Crippen molar-refractivity contribution in [2.75, 3.05) is 0 Å². The van der Waals surface area contributed by atoms with Crippen LogP contribution < -0.4 is 5.32 Å². The van der Waals surface area contributed by atoms with Crippen molar-refractivity contribution < 1.29 is 14.3 Å². The van der Waals surface area contributed by atoms with Crippen molar-refractivity contribution in [2.24, 2.45) is 0 Å². The molecule has 1 N–H and O–H groups in total. The van der Waals surface area contributed by atoms with Gasteiger partial charge in [0.15, 0.2) is 0 Å². The summed E-state index contributed by atoms with van der Waals surface area (Å²) in [6, 6.07) is 7.07. The molecule has 1 aliphatic heterocycles. The Morgan fingerprint density at radius 3 is 2.83 bits per heavy atom. The van der Waals surface area contributed by atoms with E-state index < -0.39 is 18.1 Å². The van der Waals surface area contributed by atoms with Crippen LogP contribution in [0.15, 0.2) is 30.5 Å². The number of hydrogen-bond donors (Lipinski definition) is 1. The highest BCUT2D eigenvalue weighted by Gasteiger charge is 2.36. The summed E-state index contributed by atoms with van der Waals surface area (Å²) in [5.74, 6) is -0.528. The maximum Gasteiger partial charge on any atom is 0.415 e. The second-order valence-electron chi connectivity index (χ2n) is 3.81. The number of rotatable bonds is 1. The molecule has 3 rings (SSSR count). The molecule has 1 aliphatic rings. The van der Waals surface area contributed by atoms with Gasteiger partial charge in [-0.1, -0.05) is 23.7 Å². The number of nitrogens with zero attached hydrogens (tertiary/aromatic N) is 1. The molecule has 2 amide bonds. The zero-order chi connectivity index (χ0) is 12.7. The second kappa shape index (κ2) is 3.96. The molecule has 1 fully saturated rings. The summed E-state index contributed by atoms with van der Waals surface area (Å²) in [6.45, 7) is 0. The predicted octanol–water partition coefficient (Wildman–Crippen LogP) is 2.20. The summed E-state index contributed by atoms with van der Waals surface area (Å²) in [4.78, 5) is 26.9. The van der Waals surface area contributed by atoms with E-state index in [-0.39, 0.29) is 0 Å². The van der Waals surface area contributed by atoms with Crippen molar-refractivity contribution in [1.82, 2.24) is 10.3 Å². The average molecular weight is 263 g/mol. The molecule has 5 nitrogen and oxygen atoms in total. The molecule has 1 unspecified atom stereocenters. The van der Waals surface area contributed by atoms with Crippen molar-refractivity contribution >= 4 is 34.5 Å². The van der Waals surface area contributed by atoms with Gasteiger partial charge >= 0.3 is 6.09 Å². The number of alkyl carbamates (subject to hydrolysis) is 1. The van der Waals surface area contributed by atoms with Crippen molar-refractivity contribution in [3.63, 3.8) is 0 Å². The summed E-state index contributed by atoms with van der Waals surface area (Å²) in [7, 11) is 0. The number of hydrogen-bond acceptors (Lipinski definition) is 4. The monoisotopic (exact) mass is 262 g/mol. The van der Waals surface area contributed by atoms with Crippen molar-refractivity contribution in [2.45, 2.75) is 6.10 Å². The molecular weight excluding hydrogens is 256 g/mol. The smallest absolute Gasteiger partial charge is 0.415 e. The normalized spacial score (nSPS) is 18.8. The van der Waals surface area contributed by atoms with Crippen LogP contribution in [0.2, 0.25) is 5.02 Å². The number of ether oxygens (including phenoxy) is 1. The van der Waals surface area contributed by atoms with E-state index >= 15 is 0 Å². The maximum absolute atomic E-state index is 11.6. The molecule has 2 aromatic rings. The number of amides is 2. The molecule has 2 heterocycles. The van der Waals surface area contributed by atoms with Gasteiger partial charge in [-0.3, -0.25) is 15.1 Å². The predicted molar refractivity (Wildman–Crippen MR) is 64.1 cm³/mol. The van der Waals surface area contributed by atoms with Gasteiger partial charge in [-0.2, -0.15) is 0 Å². The van der Waals surface area contributed by atoms with E-state index in [1.54, 1.807) is 24.4 Å². The van der Waals surface area contributed by atoms with Gasteiger partial charge < -0.3 is 4.74 Å². The topological polar surface area (TPSA) is 68.3 Å². The van der Waals surface area contributed by atoms with Crippen molar-refractivity contribution in [1.29, 1.82) is 0 Å². The number of imide groups is 1. The van der Waals surface area contributed by atoms with Gasteiger partial charge in [0.2, 0.25) is 6.10 Å². The Hall–Kier alpha value is -2.14. The quantitative estimate of drug-likeness (QED) is 0.855. The van der Waals surface area contributed by atoms with E-state index in [0.717, 1.165) is 5.39 Å². The van der Waals surface area contributed by atoms with Crippen LogP contribution >= 0.6 is 11.6 Å². The van der Waals surface area contributed by atoms with Crippen molar-refractivity contribution in [3.8, 4) is 0 Å². The van der Waals surface area contributed by atoms with Gasteiger partial charge in [0.05, 0.1) is 10.5 Å². The lowest BCUT2D eigenvalue weighted by molar-refractivity contribution is -0.123. The SMILES string of the molecule is O=C1NC(=O)C(c2c(Cl)ccc3cccnc23)O1. The van der Waals surface area contributed by atoms with Gasteiger partial charge in [-0.15, -0.1) is 0 Å². The molecule has 18 heavy (non-hydrogen) atoms. The summed E-state index contributed by atoms with van der Waals surface area (Å²) in [5, 5.41) is 3.24.